The summed E-state index contributed by atoms with van der Waals surface area (Å²) in [6.07, 6.45) is 3.79. The summed E-state index contributed by atoms with van der Waals surface area (Å²) >= 11 is 0. The highest BCUT2D eigenvalue weighted by atomic mass is 16.4. The first-order valence-corrected chi connectivity index (χ1v) is 6.00. The van der Waals surface area contributed by atoms with E-state index in [2.05, 4.69) is 5.32 Å². The Bertz CT molecular complexity index is 271. The van der Waals surface area contributed by atoms with Gasteiger partial charge in [0.15, 0.2) is 0 Å². The van der Waals surface area contributed by atoms with Crippen LogP contribution in [0, 0.1) is 11.3 Å². The number of carbonyl (C=O) groups is 2. The van der Waals surface area contributed by atoms with Crippen LogP contribution in [0.5, 0.6) is 0 Å². The zero-order chi connectivity index (χ0) is 12.2. The third-order valence-electron chi connectivity index (χ3n) is 3.62. The lowest BCUT2D eigenvalue weighted by atomic mass is 9.69. The van der Waals surface area contributed by atoms with Crippen LogP contribution in [0.25, 0.3) is 0 Å². The van der Waals surface area contributed by atoms with Gasteiger partial charge in [0.25, 0.3) is 0 Å². The quantitative estimate of drug-likeness (QED) is 0.727. The minimum atomic E-state index is -0.775. The Morgan fingerprint density at radius 1 is 1.44 bits per heavy atom. The van der Waals surface area contributed by atoms with Crippen LogP contribution in [0.15, 0.2) is 0 Å². The van der Waals surface area contributed by atoms with E-state index in [9.17, 15) is 9.59 Å². The van der Waals surface area contributed by atoms with Gasteiger partial charge in [-0.05, 0) is 18.8 Å². The smallest absolute Gasteiger partial charge is 0.311 e. The lowest BCUT2D eigenvalue weighted by molar-refractivity contribution is -0.154. The van der Waals surface area contributed by atoms with Gasteiger partial charge in [-0.2, -0.15) is 0 Å². The molecule has 0 heterocycles. The minimum Gasteiger partial charge on any atom is -0.481 e. The molecular formula is C12H21NO3. The van der Waals surface area contributed by atoms with Gasteiger partial charge in [0.2, 0.25) is 5.91 Å². The molecule has 0 aromatic rings. The van der Waals surface area contributed by atoms with Crippen LogP contribution in [-0.4, -0.2) is 23.5 Å². The highest BCUT2D eigenvalue weighted by molar-refractivity contribution is 5.79. The average molecular weight is 227 g/mol. The largest absolute Gasteiger partial charge is 0.481 e. The van der Waals surface area contributed by atoms with Crippen LogP contribution in [-0.2, 0) is 9.59 Å². The Hall–Kier alpha value is -1.06. The van der Waals surface area contributed by atoms with E-state index in [1.54, 1.807) is 0 Å². The first kappa shape index (κ1) is 13.0. The number of amides is 1. The SMILES string of the molecule is CCC(C)CC(=O)NCC1(C(=O)O)CCC1. The van der Waals surface area contributed by atoms with Gasteiger partial charge >= 0.3 is 5.97 Å². The van der Waals surface area contributed by atoms with Crippen LogP contribution in [0.1, 0.15) is 46.0 Å². The highest BCUT2D eigenvalue weighted by Crippen LogP contribution is 2.40. The summed E-state index contributed by atoms with van der Waals surface area (Å²) in [7, 11) is 0. The molecule has 2 N–H and O–H groups in total. The number of hydrogen-bond acceptors (Lipinski definition) is 2. The predicted molar refractivity (Wildman–Crippen MR) is 61.0 cm³/mol. The molecule has 0 aliphatic heterocycles. The van der Waals surface area contributed by atoms with E-state index in [0.717, 1.165) is 12.8 Å². The fourth-order valence-corrected chi connectivity index (χ4v) is 1.87. The highest BCUT2D eigenvalue weighted by Gasteiger charge is 2.44. The molecule has 0 aromatic heterocycles. The summed E-state index contributed by atoms with van der Waals surface area (Å²) in [6.45, 7) is 4.36. The number of rotatable bonds is 6. The van der Waals surface area contributed by atoms with Gasteiger partial charge in [0, 0.05) is 13.0 Å². The topological polar surface area (TPSA) is 66.4 Å². The summed E-state index contributed by atoms with van der Waals surface area (Å²) in [6, 6.07) is 0. The summed E-state index contributed by atoms with van der Waals surface area (Å²) in [4.78, 5) is 22.6. The molecule has 1 aliphatic carbocycles. The van der Waals surface area contributed by atoms with Gasteiger partial charge in [-0.1, -0.05) is 26.7 Å². The van der Waals surface area contributed by atoms with E-state index in [0.29, 0.717) is 25.2 Å². The van der Waals surface area contributed by atoms with E-state index in [1.807, 2.05) is 13.8 Å². The maximum absolute atomic E-state index is 11.5. The van der Waals surface area contributed by atoms with E-state index in [1.165, 1.54) is 0 Å². The van der Waals surface area contributed by atoms with Gasteiger partial charge in [0.05, 0.1) is 5.41 Å². The van der Waals surface area contributed by atoms with Gasteiger partial charge in [0.1, 0.15) is 0 Å². The maximum atomic E-state index is 11.5. The molecule has 92 valence electrons. The molecule has 1 atom stereocenters. The molecule has 0 aromatic carbocycles. The maximum Gasteiger partial charge on any atom is 0.311 e. The molecule has 1 fully saturated rings. The molecule has 4 heteroatoms. The molecular weight excluding hydrogens is 206 g/mol. The Morgan fingerprint density at radius 2 is 2.06 bits per heavy atom. The lowest BCUT2D eigenvalue weighted by Gasteiger charge is -2.37. The molecule has 1 unspecified atom stereocenters. The van der Waals surface area contributed by atoms with Crippen molar-refractivity contribution in [3.05, 3.63) is 0 Å². The first-order valence-electron chi connectivity index (χ1n) is 6.00. The number of carboxylic acids is 1. The fourth-order valence-electron chi connectivity index (χ4n) is 1.87. The lowest BCUT2D eigenvalue weighted by Crippen LogP contribution is -2.47. The third kappa shape index (κ3) is 2.97. The number of hydrogen-bond donors (Lipinski definition) is 2. The Balaban J connectivity index is 2.33. The van der Waals surface area contributed by atoms with Gasteiger partial charge in [-0.15, -0.1) is 0 Å². The van der Waals surface area contributed by atoms with Crippen molar-refractivity contribution in [1.82, 2.24) is 5.32 Å². The molecule has 0 saturated heterocycles. The Kier molecular flexibility index (Phi) is 4.33. The van der Waals surface area contributed by atoms with Crippen LogP contribution >= 0.6 is 0 Å². The van der Waals surface area contributed by atoms with Gasteiger partial charge in [-0.25, -0.2) is 0 Å². The van der Waals surface area contributed by atoms with Gasteiger partial charge < -0.3 is 10.4 Å². The second-order valence-corrected chi connectivity index (χ2v) is 4.93. The third-order valence-corrected chi connectivity index (χ3v) is 3.62. The van der Waals surface area contributed by atoms with Crippen LogP contribution in [0.2, 0.25) is 0 Å². The van der Waals surface area contributed by atoms with Crippen LogP contribution in [0.3, 0.4) is 0 Å². The summed E-state index contributed by atoms with van der Waals surface area (Å²) in [5.41, 5.74) is -0.675. The molecule has 1 saturated carbocycles. The zero-order valence-corrected chi connectivity index (χ0v) is 10.1. The van der Waals surface area contributed by atoms with Crippen molar-refractivity contribution in [1.29, 1.82) is 0 Å². The van der Waals surface area contributed by atoms with E-state index in [-0.39, 0.29) is 12.5 Å². The number of aliphatic carboxylic acids is 1. The Morgan fingerprint density at radius 3 is 2.44 bits per heavy atom. The number of nitrogens with one attached hydrogen (secondary N) is 1. The first-order chi connectivity index (χ1) is 7.50. The van der Waals surface area contributed by atoms with Crippen LogP contribution in [0.4, 0.5) is 0 Å². The summed E-state index contributed by atoms with van der Waals surface area (Å²) in [5.74, 6) is -0.438. The molecule has 0 bridgehead atoms. The predicted octanol–water partition coefficient (Wildman–Crippen LogP) is 1.79. The molecule has 4 nitrogen and oxygen atoms in total. The summed E-state index contributed by atoms with van der Waals surface area (Å²) < 4.78 is 0. The van der Waals surface area contributed by atoms with Crippen molar-refractivity contribution < 1.29 is 14.7 Å². The van der Waals surface area contributed by atoms with Crippen molar-refractivity contribution in [2.75, 3.05) is 6.54 Å². The second kappa shape index (κ2) is 5.32. The standard InChI is InChI=1S/C12H21NO3/c1-3-9(2)7-10(14)13-8-12(11(15)16)5-4-6-12/h9H,3-8H2,1-2H3,(H,13,14)(H,15,16). The molecule has 0 radical (unpaired) electrons. The fraction of sp³-hybridized carbons (Fsp3) is 0.833. The van der Waals surface area contributed by atoms with Crippen LogP contribution < -0.4 is 5.32 Å². The van der Waals surface area contributed by atoms with Crippen molar-refractivity contribution in [2.45, 2.75) is 46.0 Å². The molecule has 1 aliphatic rings. The number of carboxylic acid groups (broad SMARTS) is 1. The Labute approximate surface area is 96.4 Å². The van der Waals surface area contributed by atoms with E-state index in [4.69, 9.17) is 5.11 Å². The minimum absolute atomic E-state index is 0.0260. The van der Waals surface area contributed by atoms with Crippen molar-refractivity contribution in [3.8, 4) is 0 Å². The van der Waals surface area contributed by atoms with Crippen molar-refractivity contribution in [3.63, 3.8) is 0 Å². The van der Waals surface area contributed by atoms with Gasteiger partial charge in [-0.3, -0.25) is 9.59 Å². The van der Waals surface area contributed by atoms with E-state index < -0.39 is 11.4 Å². The molecule has 1 rings (SSSR count). The van der Waals surface area contributed by atoms with E-state index >= 15 is 0 Å². The average Bonchev–Trinajstić information content (AvgIpc) is 2.15. The zero-order valence-electron chi connectivity index (χ0n) is 10.1. The molecule has 1 amide bonds. The van der Waals surface area contributed by atoms with Crippen molar-refractivity contribution in [2.24, 2.45) is 11.3 Å². The normalized spacial score (nSPS) is 19.6. The molecule has 0 spiro atoms. The van der Waals surface area contributed by atoms with Crippen molar-refractivity contribution >= 4 is 11.9 Å². The summed E-state index contributed by atoms with van der Waals surface area (Å²) in [5, 5.41) is 11.8. The molecule has 16 heavy (non-hydrogen) atoms. The monoisotopic (exact) mass is 227 g/mol. The second-order valence-electron chi connectivity index (χ2n) is 4.93. The number of carbonyl (C=O) groups excluding carboxylic acids is 1.